The summed E-state index contributed by atoms with van der Waals surface area (Å²) in [6.07, 6.45) is 2.83. The van der Waals surface area contributed by atoms with Crippen LogP contribution in [0.3, 0.4) is 0 Å². The van der Waals surface area contributed by atoms with E-state index in [2.05, 4.69) is 17.6 Å². The molecule has 2 N–H and O–H groups in total. The summed E-state index contributed by atoms with van der Waals surface area (Å²) in [4.78, 5) is 11.6. The first-order chi connectivity index (χ1) is 7.24. The van der Waals surface area contributed by atoms with Crippen molar-refractivity contribution < 1.29 is 9.53 Å². The van der Waals surface area contributed by atoms with Crippen LogP contribution in [0.5, 0.6) is 0 Å². The predicted octanol–water partition coefficient (Wildman–Crippen LogP) is 0.280. The lowest BCUT2D eigenvalue weighted by molar-refractivity contribution is -0.126. The second kappa shape index (κ2) is 4.94. The first kappa shape index (κ1) is 10.9. The van der Waals surface area contributed by atoms with Crippen molar-refractivity contribution in [3.8, 4) is 0 Å². The summed E-state index contributed by atoms with van der Waals surface area (Å²) >= 11 is 0. The fourth-order valence-corrected chi connectivity index (χ4v) is 2.26. The van der Waals surface area contributed by atoms with Crippen LogP contribution in [0.1, 0.15) is 26.2 Å². The van der Waals surface area contributed by atoms with Gasteiger partial charge in [-0.1, -0.05) is 6.92 Å². The van der Waals surface area contributed by atoms with Gasteiger partial charge in [0.25, 0.3) is 0 Å². The fourth-order valence-electron chi connectivity index (χ4n) is 2.26. The van der Waals surface area contributed by atoms with Crippen molar-refractivity contribution in [2.75, 3.05) is 19.7 Å². The molecule has 15 heavy (non-hydrogen) atoms. The quantitative estimate of drug-likeness (QED) is 0.706. The molecule has 2 aliphatic rings. The third-order valence-electron chi connectivity index (χ3n) is 3.16. The molecule has 0 bridgehead atoms. The Bertz CT molecular complexity index is 221. The number of ether oxygens (including phenoxy) is 1. The van der Waals surface area contributed by atoms with E-state index in [0.717, 1.165) is 38.5 Å². The Balaban J connectivity index is 1.63. The van der Waals surface area contributed by atoms with E-state index in [1.807, 2.05) is 0 Å². The minimum atomic E-state index is 0.0660. The lowest BCUT2D eigenvalue weighted by Gasteiger charge is -2.33. The van der Waals surface area contributed by atoms with Crippen molar-refractivity contribution in [1.29, 1.82) is 0 Å². The predicted molar refractivity (Wildman–Crippen MR) is 57.6 cm³/mol. The molecule has 2 fully saturated rings. The molecule has 1 amide bonds. The van der Waals surface area contributed by atoms with E-state index in [0.29, 0.717) is 12.5 Å². The average molecular weight is 212 g/mol. The monoisotopic (exact) mass is 212 g/mol. The standard InChI is InChI=1S/C11H20N2O2/c1-8-4-9(5-8)13-11(14)6-10-7-12-2-3-15-10/h8-10,12H,2-7H2,1H3,(H,13,14). The molecule has 4 heteroatoms. The molecule has 1 saturated heterocycles. The summed E-state index contributed by atoms with van der Waals surface area (Å²) in [7, 11) is 0. The Hall–Kier alpha value is -0.610. The second-order valence-corrected chi connectivity index (χ2v) is 4.74. The van der Waals surface area contributed by atoms with Crippen molar-refractivity contribution in [2.24, 2.45) is 5.92 Å². The van der Waals surface area contributed by atoms with E-state index in [-0.39, 0.29) is 12.0 Å². The maximum atomic E-state index is 11.6. The van der Waals surface area contributed by atoms with Crippen LogP contribution in [0.25, 0.3) is 0 Å². The van der Waals surface area contributed by atoms with E-state index >= 15 is 0 Å². The van der Waals surface area contributed by atoms with Crippen LogP contribution >= 0.6 is 0 Å². The van der Waals surface area contributed by atoms with Gasteiger partial charge in [0.15, 0.2) is 0 Å². The Morgan fingerprint density at radius 1 is 1.53 bits per heavy atom. The summed E-state index contributed by atoms with van der Waals surface area (Å²) in [6, 6.07) is 0.420. The zero-order valence-corrected chi connectivity index (χ0v) is 9.29. The SMILES string of the molecule is CC1CC(NC(=O)CC2CNCCO2)C1. The smallest absolute Gasteiger partial charge is 0.222 e. The lowest BCUT2D eigenvalue weighted by Crippen LogP contribution is -2.46. The maximum absolute atomic E-state index is 11.6. The maximum Gasteiger partial charge on any atom is 0.222 e. The Labute approximate surface area is 90.8 Å². The van der Waals surface area contributed by atoms with E-state index in [9.17, 15) is 4.79 Å². The molecule has 1 heterocycles. The zero-order chi connectivity index (χ0) is 10.7. The van der Waals surface area contributed by atoms with Crippen molar-refractivity contribution >= 4 is 5.91 Å². The number of hydrogen-bond donors (Lipinski definition) is 2. The number of carbonyl (C=O) groups excluding carboxylic acids is 1. The van der Waals surface area contributed by atoms with Crippen LogP contribution in [0.4, 0.5) is 0 Å². The van der Waals surface area contributed by atoms with Gasteiger partial charge in [-0.25, -0.2) is 0 Å². The number of amides is 1. The summed E-state index contributed by atoms with van der Waals surface area (Å²) in [5.74, 6) is 0.920. The number of morpholine rings is 1. The van der Waals surface area contributed by atoms with Crippen LogP contribution < -0.4 is 10.6 Å². The molecule has 0 radical (unpaired) electrons. The van der Waals surface area contributed by atoms with Gasteiger partial charge in [0.05, 0.1) is 19.1 Å². The van der Waals surface area contributed by atoms with Crippen molar-refractivity contribution in [1.82, 2.24) is 10.6 Å². The molecule has 0 aromatic rings. The minimum Gasteiger partial charge on any atom is -0.375 e. The van der Waals surface area contributed by atoms with Gasteiger partial charge < -0.3 is 15.4 Å². The number of hydrogen-bond acceptors (Lipinski definition) is 3. The van der Waals surface area contributed by atoms with Crippen LogP contribution in [0, 0.1) is 5.92 Å². The topological polar surface area (TPSA) is 50.4 Å². The van der Waals surface area contributed by atoms with E-state index in [1.165, 1.54) is 0 Å². The van der Waals surface area contributed by atoms with Crippen LogP contribution in [-0.2, 0) is 9.53 Å². The fraction of sp³-hybridized carbons (Fsp3) is 0.909. The molecule has 4 nitrogen and oxygen atoms in total. The second-order valence-electron chi connectivity index (χ2n) is 4.74. The van der Waals surface area contributed by atoms with Gasteiger partial charge >= 0.3 is 0 Å². The highest BCUT2D eigenvalue weighted by molar-refractivity contribution is 5.76. The molecule has 1 saturated carbocycles. The van der Waals surface area contributed by atoms with Gasteiger partial charge in [0, 0.05) is 19.1 Å². The molecular formula is C11H20N2O2. The third kappa shape index (κ3) is 3.18. The van der Waals surface area contributed by atoms with E-state index in [1.54, 1.807) is 0 Å². The highest BCUT2D eigenvalue weighted by Gasteiger charge is 2.27. The van der Waals surface area contributed by atoms with Gasteiger partial charge in [-0.15, -0.1) is 0 Å². The molecule has 1 aliphatic heterocycles. The normalized spacial score (nSPS) is 35.7. The zero-order valence-electron chi connectivity index (χ0n) is 9.29. The lowest BCUT2D eigenvalue weighted by atomic mass is 9.82. The molecule has 0 aromatic carbocycles. The van der Waals surface area contributed by atoms with Crippen LogP contribution in [0.2, 0.25) is 0 Å². The molecular weight excluding hydrogens is 192 g/mol. The number of carbonyl (C=O) groups is 1. The molecule has 1 aliphatic carbocycles. The number of nitrogens with one attached hydrogen (secondary N) is 2. The molecule has 2 rings (SSSR count). The highest BCUT2D eigenvalue weighted by Crippen LogP contribution is 2.26. The molecule has 1 atom stereocenters. The van der Waals surface area contributed by atoms with E-state index < -0.39 is 0 Å². The van der Waals surface area contributed by atoms with Crippen molar-refractivity contribution in [3.05, 3.63) is 0 Å². The molecule has 0 aromatic heterocycles. The highest BCUT2D eigenvalue weighted by atomic mass is 16.5. The van der Waals surface area contributed by atoms with Crippen molar-refractivity contribution in [2.45, 2.75) is 38.3 Å². The van der Waals surface area contributed by atoms with Gasteiger partial charge in [-0.2, -0.15) is 0 Å². The van der Waals surface area contributed by atoms with Crippen LogP contribution in [0.15, 0.2) is 0 Å². The molecule has 86 valence electrons. The summed E-state index contributed by atoms with van der Waals surface area (Å²) in [6.45, 7) is 4.64. The van der Waals surface area contributed by atoms with Gasteiger partial charge in [0.1, 0.15) is 0 Å². The molecule has 0 spiro atoms. The molecule has 1 unspecified atom stereocenters. The van der Waals surface area contributed by atoms with Gasteiger partial charge in [-0.05, 0) is 18.8 Å². The summed E-state index contributed by atoms with van der Waals surface area (Å²) in [5.41, 5.74) is 0. The largest absolute Gasteiger partial charge is 0.375 e. The third-order valence-corrected chi connectivity index (χ3v) is 3.16. The summed E-state index contributed by atoms with van der Waals surface area (Å²) in [5, 5.41) is 6.27. The average Bonchev–Trinajstić information content (AvgIpc) is 2.17. The first-order valence-corrected chi connectivity index (χ1v) is 5.85. The van der Waals surface area contributed by atoms with Crippen molar-refractivity contribution in [3.63, 3.8) is 0 Å². The Morgan fingerprint density at radius 2 is 2.33 bits per heavy atom. The van der Waals surface area contributed by atoms with Crippen LogP contribution in [-0.4, -0.2) is 37.7 Å². The van der Waals surface area contributed by atoms with Gasteiger partial charge in [-0.3, -0.25) is 4.79 Å². The minimum absolute atomic E-state index is 0.0660. The first-order valence-electron chi connectivity index (χ1n) is 5.85. The Morgan fingerprint density at radius 3 is 2.93 bits per heavy atom. The Kier molecular flexibility index (Phi) is 3.59. The number of rotatable bonds is 3. The van der Waals surface area contributed by atoms with Gasteiger partial charge in [0.2, 0.25) is 5.91 Å². The summed E-state index contributed by atoms with van der Waals surface area (Å²) < 4.78 is 5.48. The van der Waals surface area contributed by atoms with E-state index in [4.69, 9.17) is 4.74 Å².